The zero-order valence-electron chi connectivity index (χ0n) is 22.5. The Labute approximate surface area is 231 Å². The van der Waals surface area contributed by atoms with E-state index in [2.05, 4.69) is 25.7 Å². The van der Waals surface area contributed by atoms with E-state index in [0.717, 1.165) is 20.5 Å². The van der Waals surface area contributed by atoms with Gasteiger partial charge in [0.25, 0.3) is 5.91 Å². The van der Waals surface area contributed by atoms with Crippen LogP contribution in [-0.2, 0) is 9.53 Å². The molecule has 0 aliphatic carbocycles. The van der Waals surface area contributed by atoms with Crippen LogP contribution in [0.3, 0.4) is 0 Å². The third-order valence-electron chi connectivity index (χ3n) is 5.57. The number of ether oxygens (including phenoxy) is 1. The lowest BCUT2D eigenvalue weighted by atomic mass is 10.1. The van der Waals surface area contributed by atoms with Crippen LogP contribution in [0.15, 0.2) is 60.8 Å². The first kappa shape index (κ1) is 29.1. The predicted octanol–water partition coefficient (Wildman–Crippen LogP) is 6.21. The van der Waals surface area contributed by atoms with E-state index >= 15 is 0 Å². The van der Waals surface area contributed by atoms with Gasteiger partial charge >= 0.3 is 12.0 Å². The van der Waals surface area contributed by atoms with Crippen molar-refractivity contribution in [2.75, 3.05) is 30.0 Å². The normalized spacial score (nSPS) is 10.3. The maximum Gasteiger partial charge on any atom is 0.323 e. The van der Waals surface area contributed by atoms with Gasteiger partial charge in [0.05, 0.1) is 12.7 Å². The van der Waals surface area contributed by atoms with Gasteiger partial charge in [0.1, 0.15) is 5.82 Å². The molecule has 2 heterocycles. The number of rotatable bonds is 8. The Morgan fingerprint density at radius 2 is 1.74 bits per heavy atom. The third-order valence-corrected chi connectivity index (χ3v) is 6.72. The first-order valence-electron chi connectivity index (χ1n) is 12.6. The molecule has 0 spiro atoms. The molecule has 5 N–H and O–H groups in total. The van der Waals surface area contributed by atoms with Crippen molar-refractivity contribution in [1.29, 1.82) is 0 Å². The second kappa shape index (κ2) is 13.9. The van der Waals surface area contributed by atoms with Crippen LogP contribution in [0.2, 0.25) is 0 Å². The maximum atomic E-state index is 12.6. The summed E-state index contributed by atoms with van der Waals surface area (Å²) < 4.78 is 5.60. The fourth-order valence-electron chi connectivity index (χ4n) is 3.71. The molecule has 9 nitrogen and oxygen atoms in total. The van der Waals surface area contributed by atoms with Crippen molar-refractivity contribution in [2.24, 2.45) is 0 Å². The van der Waals surface area contributed by atoms with Gasteiger partial charge in [0.15, 0.2) is 0 Å². The standard InChI is InChI=1S/C27H27N5O4S.C2H6/c1-16-5-3-6-19(11-16)31-27(35)32-20-8-9-22-17(12-20)14-23(37-22)21-13-18(15-30-25(21)28)26(34)29-10-4-7-24(33)36-2;1-2/h3,5-6,8-9,11-15H,4,7,10H2,1-2H3,(H2,28,30)(H,29,34)(H2,31,32,35);1-2H3. The highest BCUT2D eigenvalue weighted by atomic mass is 32.1. The van der Waals surface area contributed by atoms with Crippen LogP contribution in [0.4, 0.5) is 22.0 Å². The molecule has 0 aliphatic heterocycles. The number of nitrogen functional groups attached to an aromatic ring is 1. The van der Waals surface area contributed by atoms with E-state index in [9.17, 15) is 14.4 Å². The summed E-state index contributed by atoms with van der Waals surface area (Å²) in [5.74, 6) is -0.309. The van der Waals surface area contributed by atoms with Crippen LogP contribution < -0.4 is 21.7 Å². The molecule has 4 rings (SSSR count). The first-order valence-corrected chi connectivity index (χ1v) is 13.4. The number of urea groups is 1. The molecule has 2 aromatic heterocycles. The van der Waals surface area contributed by atoms with E-state index < -0.39 is 0 Å². The van der Waals surface area contributed by atoms with Crippen LogP contribution in [0.25, 0.3) is 20.5 Å². The minimum Gasteiger partial charge on any atom is -0.469 e. The highest BCUT2D eigenvalue weighted by Crippen LogP contribution is 2.37. The van der Waals surface area contributed by atoms with Crippen LogP contribution >= 0.6 is 11.3 Å². The number of aryl methyl sites for hydroxylation is 1. The van der Waals surface area contributed by atoms with Gasteiger partial charge < -0.3 is 26.4 Å². The molecule has 0 fully saturated rings. The lowest BCUT2D eigenvalue weighted by Crippen LogP contribution is -2.25. The molecule has 0 aliphatic rings. The van der Waals surface area contributed by atoms with E-state index in [1.54, 1.807) is 6.07 Å². The van der Waals surface area contributed by atoms with Crippen LogP contribution in [0, 0.1) is 6.92 Å². The van der Waals surface area contributed by atoms with E-state index in [1.165, 1.54) is 24.6 Å². The summed E-state index contributed by atoms with van der Waals surface area (Å²) in [6.45, 7) is 6.30. The topological polar surface area (TPSA) is 135 Å². The number of aromatic nitrogens is 1. The van der Waals surface area contributed by atoms with Gasteiger partial charge in [-0.3, -0.25) is 9.59 Å². The number of pyridine rings is 1. The number of anilines is 3. The molecule has 0 unspecified atom stereocenters. The van der Waals surface area contributed by atoms with Crippen LogP contribution in [0.1, 0.15) is 42.6 Å². The number of thiophene rings is 1. The Morgan fingerprint density at radius 1 is 1.00 bits per heavy atom. The van der Waals surface area contributed by atoms with Gasteiger partial charge in [-0.05, 0) is 66.8 Å². The largest absolute Gasteiger partial charge is 0.469 e. The first-order chi connectivity index (χ1) is 18.8. The lowest BCUT2D eigenvalue weighted by molar-refractivity contribution is -0.140. The van der Waals surface area contributed by atoms with Crippen molar-refractivity contribution in [2.45, 2.75) is 33.6 Å². The summed E-state index contributed by atoms with van der Waals surface area (Å²) in [7, 11) is 1.33. The van der Waals surface area contributed by atoms with Gasteiger partial charge in [-0.2, -0.15) is 0 Å². The molecule has 0 bridgehead atoms. The summed E-state index contributed by atoms with van der Waals surface area (Å²) >= 11 is 1.51. The molecule has 39 heavy (non-hydrogen) atoms. The lowest BCUT2D eigenvalue weighted by Gasteiger charge is -2.08. The quantitative estimate of drug-likeness (QED) is 0.153. The van der Waals surface area contributed by atoms with Crippen molar-refractivity contribution in [3.63, 3.8) is 0 Å². The smallest absolute Gasteiger partial charge is 0.323 e. The highest BCUT2D eigenvalue weighted by molar-refractivity contribution is 7.22. The van der Waals surface area contributed by atoms with Gasteiger partial charge in [-0.1, -0.05) is 26.0 Å². The number of carbonyl (C=O) groups is 3. The number of nitrogens with one attached hydrogen (secondary N) is 3. The number of nitrogens with two attached hydrogens (primary N) is 1. The van der Waals surface area contributed by atoms with Crippen molar-refractivity contribution in [3.8, 4) is 10.4 Å². The second-order valence-electron chi connectivity index (χ2n) is 8.40. The molecule has 2 aromatic carbocycles. The Bertz CT molecular complexity index is 1470. The summed E-state index contributed by atoms with van der Waals surface area (Å²) in [5, 5.41) is 9.39. The number of hydrogen-bond donors (Lipinski definition) is 4. The fraction of sp³-hybridized carbons (Fsp3) is 0.241. The SMILES string of the molecule is CC.COC(=O)CCCNC(=O)c1cnc(N)c(-c2cc3cc(NC(=O)Nc4cccc(C)c4)ccc3s2)c1. The van der Waals surface area contributed by atoms with Crippen LogP contribution in [0.5, 0.6) is 0 Å². The number of nitrogens with zero attached hydrogens (tertiary/aromatic N) is 1. The Balaban J connectivity index is 0.00000205. The number of esters is 1. The monoisotopic (exact) mass is 547 g/mol. The maximum absolute atomic E-state index is 12.6. The molecule has 10 heteroatoms. The zero-order chi connectivity index (χ0) is 28.4. The molecule has 3 amide bonds. The summed E-state index contributed by atoms with van der Waals surface area (Å²) in [4.78, 5) is 41.3. The zero-order valence-corrected chi connectivity index (χ0v) is 23.3. The second-order valence-corrected chi connectivity index (χ2v) is 9.49. The summed E-state index contributed by atoms with van der Waals surface area (Å²) in [5.41, 5.74) is 9.57. The van der Waals surface area contributed by atoms with E-state index in [4.69, 9.17) is 5.73 Å². The minimum absolute atomic E-state index is 0.230. The van der Waals surface area contributed by atoms with E-state index in [0.29, 0.717) is 41.3 Å². The molecule has 0 saturated carbocycles. The number of methoxy groups -OCH3 is 1. The number of amides is 3. The number of benzene rings is 2. The average Bonchev–Trinajstić information content (AvgIpc) is 3.35. The summed E-state index contributed by atoms with van der Waals surface area (Å²) in [6, 6.07) is 16.5. The Hall–Kier alpha value is -4.44. The molecule has 204 valence electrons. The van der Waals surface area contributed by atoms with Crippen molar-refractivity contribution in [1.82, 2.24) is 10.3 Å². The Kier molecular flexibility index (Phi) is 10.4. The van der Waals surface area contributed by atoms with Gasteiger partial charge in [-0.25, -0.2) is 9.78 Å². The van der Waals surface area contributed by atoms with Gasteiger partial charge in [-0.15, -0.1) is 11.3 Å². The van der Waals surface area contributed by atoms with E-state index in [-0.39, 0.29) is 24.3 Å². The average molecular weight is 548 g/mol. The molecule has 4 aromatic rings. The number of carbonyl (C=O) groups excluding carboxylic acids is 3. The van der Waals surface area contributed by atoms with Crippen molar-refractivity contribution < 1.29 is 19.1 Å². The van der Waals surface area contributed by atoms with Gasteiger partial charge in [0, 0.05) is 45.7 Å². The molecule has 0 radical (unpaired) electrons. The fourth-order valence-corrected chi connectivity index (χ4v) is 4.77. The van der Waals surface area contributed by atoms with Crippen LogP contribution in [-0.4, -0.2) is 36.5 Å². The number of hydrogen-bond acceptors (Lipinski definition) is 7. The molecule has 0 atom stereocenters. The Morgan fingerprint density at radius 3 is 2.46 bits per heavy atom. The molecular weight excluding hydrogens is 514 g/mol. The molecule has 0 saturated heterocycles. The van der Waals surface area contributed by atoms with E-state index in [1.807, 2.05) is 69.3 Å². The van der Waals surface area contributed by atoms with Gasteiger partial charge in [0.2, 0.25) is 0 Å². The van der Waals surface area contributed by atoms with Crippen molar-refractivity contribution >= 4 is 56.5 Å². The van der Waals surface area contributed by atoms with Crippen molar-refractivity contribution in [3.05, 3.63) is 71.9 Å². The third kappa shape index (κ3) is 8.02. The molecular formula is C29H33N5O4S. The number of fused-ring (bicyclic) bond motifs is 1. The summed E-state index contributed by atoms with van der Waals surface area (Å²) in [6.07, 6.45) is 2.13. The highest BCUT2D eigenvalue weighted by Gasteiger charge is 2.14. The minimum atomic E-state index is -0.334. The predicted molar refractivity (Wildman–Crippen MR) is 158 cm³/mol.